The van der Waals surface area contributed by atoms with Crippen molar-refractivity contribution < 1.29 is 0 Å². The van der Waals surface area contributed by atoms with Crippen LogP contribution in [0.1, 0.15) is 11.1 Å². The largest absolute Gasteiger partial charge is 0.320 e. The van der Waals surface area contributed by atoms with Crippen LogP contribution in [0.5, 0.6) is 0 Å². The van der Waals surface area contributed by atoms with Crippen molar-refractivity contribution in [2.75, 3.05) is 6.54 Å². The Hall–Kier alpha value is -1.47. The van der Waals surface area contributed by atoms with E-state index in [0.717, 1.165) is 21.9 Å². The van der Waals surface area contributed by atoms with Gasteiger partial charge in [-0.15, -0.1) is 11.8 Å². The summed E-state index contributed by atoms with van der Waals surface area (Å²) in [5.41, 5.74) is 7.57. The number of benzene rings is 1. The number of aromatic nitrogens is 1. The van der Waals surface area contributed by atoms with Crippen molar-refractivity contribution in [3.63, 3.8) is 0 Å². The highest BCUT2D eigenvalue weighted by atomic mass is 35.5. The minimum atomic E-state index is 0.369. The molecule has 0 bridgehead atoms. The molecule has 2 rings (SSSR count). The van der Waals surface area contributed by atoms with Crippen LogP contribution in [0.3, 0.4) is 0 Å². The van der Waals surface area contributed by atoms with Gasteiger partial charge in [0.05, 0.1) is 11.6 Å². The van der Waals surface area contributed by atoms with Gasteiger partial charge in [0.15, 0.2) is 0 Å². The van der Waals surface area contributed by atoms with Gasteiger partial charge in [-0.2, -0.15) is 0 Å². The standard InChI is InChI=1S/C15H13ClN2S/c16-14-8-4-10-18-15(14)19-11-13-6-2-1-5-12(13)7-3-9-17/h1-2,4-6,8,10H,9,11,17H2. The SMILES string of the molecule is NCC#Cc1ccccc1CSc1ncccc1Cl. The molecule has 2 nitrogen and oxygen atoms in total. The van der Waals surface area contributed by atoms with Crippen LogP contribution in [0.25, 0.3) is 0 Å². The third-order valence-electron chi connectivity index (χ3n) is 2.43. The molecule has 0 aliphatic carbocycles. The second kappa shape index (κ2) is 7.20. The normalized spacial score (nSPS) is 9.79. The quantitative estimate of drug-likeness (QED) is 0.695. The second-order valence-electron chi connectivity index (χ2n) is 3.74. The van der Waals surface area contributed by atoms with Crippen LogP contribution in [0.2, 0.25) is 5.02 Å². The number of hydrogen-bond acceptors (Lipinski definition) is 3. The molecule has 0 saturated carbocycles. The molecule has 1 heterocycles. The number of halogens is 1. The van der Waals surface area contributed by atoms with Crippen LogP contribution in [-0.4, -0.2) is 11.5 Å². The highest BCUT2D eigenvalue weighted by Gasteiger charge is 2.04. The molecule has 0 amide bonds. The topological polar surface area (TPSA) is 38.9 Å². The molecular formula is C15H13ClN2S. The minimum Gasteiger partial charge on any atom is -0.320 e. The molecule has 0 unspecified atom stereocenters. The maximum Gasteiger partial charge on any atom is 0.115 e. The Bertz CT molecular complexity index is 617. The first-order chi connectivity index (χ1) is 9.31. The van der Waals surface area contributed by atoms with Gasteiger partial charge in [0.1, 0.15) is 5.03 Å². The Labute approximate surface area is 122 Å². The fourth-order valence-corrected chi connectivity index (χ4v) is 2.71. The van der Waals surface area contributed by atoms with Crippen LogP contribution in [0.4, 0.5) is 0 Å². The monoisotopic (exact) mass is 288 g/mol. The summed E-state index contributed by atoms with van der Waals surface area (Å²) in [6.45, 7) is 0.369. The summed E-state index contributed by atoms with van der Waals surface area (Å²) in [5.74, 6) is 6.75. The van der Waals surface area contributed by atoms with Gasteiger partial charge >= 0.3 is 0 Å². The Kier molecular flexibility index (Phi) is 5.29. The predicted octanol–water partition coefficient (Wildman–Crippen LogP) is 3.34. The summed E-state index contributed by atoms with van der Waals surface area (Å²) in [4.78, 5) is 4.26. The van der Waals surface area contributed by atoms with Gasteiger partial charge in [-0.1, -0.05) is 41.6 Å². The number of pyridine rings is 1. The minimum absolute atomic E-state index is 0.369. The second-order valence-corrected chi connectivity index (χ2v) is 5.11. The zero-order valence-corrected chi connectivity index (χ0v) is 11.8. The average molecular weight is 289 g/mol. The average Bonchev–Trinajstić information content (AvgIpc) is 2.45. The maximum atomic E-state index is 6.09. The summed E-state index contributed by atoms with van der Waals surface area (Å²) >= 11 is 7.69. The number of rotatable bonds is 3. The van der Waals surface area contributed by atoms with Crippen molar-refractivity contribution in [2.24, 2.45) is 5.73 Å². The highest BCUT2D eigenvalue weighted by Crippen LogP contribution is 2.28. The number of nitrogens with two attached hydrogens (primary N) is 1. The first-order valence-corrected chi connectivity index (χ1v) is 7.18. The lowest BCUT2D eigenvalue weighted by Crippen LogP contribution is -1.94. The summed E-state index contributed by atoms with van der Waals surface area (Å²) in [7, 11) is 0. The third kappa shape index (κ3) is 4.00. The van der Waals surface area contributed by atoms with Gasteiger partial charge in [-0.05, 0) is 23.8 Å². The van der Waals surface area contributed by atoms with Crippen molar-refractivity contribution in [2.45, 2.75) is 10.8 Å². The molecule has 0 radical (unpaired) electrons. The zero-order valence-electron chi connectivity index (χ0n) is 10.3. The molecule has 2 N–H and O–H groups in total. The molecule has 19 heavy (non-hydrogen) atoms. The molecule has 0 saturated heterocycles. The van der Waals surface area contributed by atoms with Crippen LogP contribution in [-0.2, 0) is 5.75 Å². The van der Waals surface area contributed by atoms with E-state index in [0.29, 0.717) is 11.6 Å². The van der Waals surface area contributed by atoms with Crippen molar-refractivity contribution in [3.05, 3.63) is 58.7 Å². The van der Waals surface area contributed by atoms with E-state index in [1.54, 1.807) is 18.0 Å². The fourth-order valence-electron chi connectivity index (χ4n) is 1.54. The van der Waals surface area contributed by atoms with Crippen molar-refractivity contribution in [1.82, 2.24) is 4.98 Å². The summed E-state index contributed by atoms with van der Waals surface area (Å²) in [6, 6.07) is 11.7. The summed E-state index contributed by atoms with van der Waals surface area (Å²) < 4.78 is 0. The fraction of sp³-hybridized carbons (Fsp3) is 0.133. The van der Waals surface area contributed by atoms with Crippen LogP contribution in [0.15, 0.2) is 47.6 Å². The van der Waals surface area contributed by atoms with Gasteiger partial charge in [-0.25, -0.2) is 4.98 Å². The van der Waals surface area contributed by atoms with Crippen molar-refractivity contribution in [3.8, 4) is 11.8 Å². The molecule has 0 atom stereocenters. The van der Waals surface area contributed by atoms with Gasteiger partial charge in [0, 0.05) is 17.5 Å². The number of thioether (sulfide) groups is 1. The van der Waals surface area contributed by atoms with Crippen LogP contribution >= 0.6 is 23.4 Å². The molecular weight excluding hydrogens is 276 g/mol. The Morgan fingerprint density at radius 2 is 2.05 bits per heavy atom. The number of nitrogens with zero attached hydrogens (tertiary/aromatic N) is 1. The third-order valence-corrected chi connectivity index (χ3v) is 3.90. The first-order valence-electron chi connectivity index (χ1n) is 5.81. The lowest BCUT2D eigenvalue weighted by Gasteiger charge is -2.05. The van der Waals surface area contributed by atoms with E-state index in [2.05, 4.69) is 22.9 Å². The first kappa shape index (κ1) is 14.0. The molecule has 1 aromatic carbocycles. The van der Waals surface area contributed by atoms with E-state index < -0.39 is 0 Å². The molecule has 4 heteroatoms. The van der Waals surface area contributed by atoms with E-state index in [-0.39, 0.29) is 0 Å². The Morgan fingerprint density at radius 1 is 1.21 bits per heavy atom. The van der Waals surface area contributed by atoms with Gasteiger partial charge in [0.25, 0.3) is 0 Å². The molecule has 96 valence electrons. The molecule has 1 aromatic heterocycles. The van der Waals surface area contributed by atoms with Crippen molar-refractivity contribution >= 4 is 23.4 Å². The molecule has 0 aliphatic rings. The summed E-state index contributed by atoms with van der Waals surface area (Å²) in [5, 5.41) is 1.52. The molecule has 0 aliphatic heterocycles. The van der Waals surface area contributed by atoms with E-state index in [1.807, 2.05) is 30.3 Å². The Balaban J connectivity index is 2.14. The summed E-state index contributed by atoms with van der Waals surface area (Å²) in [6.07, 6.45) is 1.74. The van der Waals surface area contributed by atoms with E-state index >= 15 is 0 Å². The zero-order chi connectivity index (χ0) is 13.5. The predicted molar refractivity (Wildman–Crippen MR) is 81.2 cm³/mol. The van der Waals surface area contributed by atoms with E-state index in [9.17, 15) is 0 Å². The molecule has 0 fully saturated rings. The lowest BCUT2D eigenvalue weighted by molar-refractivity contribution is 1.13. The van der Waals surface area contributed by atoms with E-state index in [1.165, 1.54) is 0 Å². The van der Waals surface area contributed by atoms with Crippen LogP contribution < -0.4 is 5.73 Å². The number of hydrogen-bond donors (Lipinski definition) is 1. The van der Waals surface area contributed by atoms with Gasteiger partial charge < -0.3 is 5.73 Å². The molecule has 0 spiro atoms. The van der Waals surface area contributed by atoms with Crippen LogP contribution in [0, 0.1) is 11.8 Å². The lowest BCUT2D eigenvalue weighted by atomic mass is 10.1. The van der Waals surface area contributed by atoms with Gasteiger partial charge in [-0.3, -0.25) is 0 Å². The van der Waals surface area contributed by atoms with Crippen molar-refractivity contribution in [1.29, 1.82) is 0 Å². The van der Waals surface area contributed by atoms with Gasteiger partial charge in [0.2, 0.25) is 0 Å². The molecule has 2 aromatic rings. The van der Waals surface area contributed by atoms with E-state index in [4.69, 9.17) is 17.3 Å². The Morgan fingerprint density at radius 3 is 2.84 bits per heavy atom. The highest BCUT2D eigenvalue weighted by molar-refractivity contribution is 7.98. The maximum absolute atomic E-state index is 6.09. The smallest absolute Gasteiger partial charge is 0.115 e.